The molecule has 2 saturated carbocycles. The van der Waals surface area contributed by atoms with Crippen LogP contribution in [0.3, 0.4) is 0 Å². The number of carbonyl (C=O) groups is 5. The molecule has 3 N–H and O–H groups in total. The molecular weight excluding hydrogens is 726 g/mol. The largest absolute Gasteiger partial charge is 0.387 e. The fourth-order valence-corrected chi connectivity index (χ4v) is 9.30. The van der Waals surface area contributed by atoms with E-state index in [2.05, 4.69) is 21.1 Å². The van der Waals surface area contributed by atoms with E-state index < -0.39 is 47.2 Å². The van der Waals surface area contributed by atoms with Crippen LogP contribution in [0.15, 0.2) is 59.1 Å². The molecule has 3 fully saturated rings. The number of ketones is 1. The van der Waals surface area contributed by atoms with Crippen molar-refractivity contribution in [3.63, 3.8) is 0 Å². The van der Waals surface area contributed by atoms with Gasteiger partial charge < -0.3 is 25.7 Å². The van der Waals surface area contributed by atoms with Crippen LogP contribution in [0.1, 0.15) is 95.1 Å². The molecule has 1 saturated heterocycles. The van der Waals surface area contributed by atoms with Crippen molar-refractivity contribution in [3.8, 4) is 0 Å². The Morgan fingerprint density at radius 1 is 1.00 bits per heavy atom. The summed E-state index contributed by atoms with van der Waals surface area (Å²) in [6.45, 7) is 1.91. The van der Waals surface area contributed by atoms with Crippen LogP contribution in [0.5, 0.6) is 0 Å². The van der Waals surface area contributed by atoms with Crippen LogP contribution in [-0.4, -0.2) is 76.3 Å². The Kier molecular flexibility index (Phi) is 11.7. The number of benzene rings is 2. The van der Waals surface area contributed by atoms with Gasteiger partial charge in [-0.1, -0.05) is 79.7 Å². The van der Waals surface area contributed by atoms with Crippen molar-refractivity contribution in [1.82, 2.24) is 20.9 Å². The van der Waals surface area contributed by atoms with E-state index >= 15 is 0 Å². The third-order valence-corrected chi connectivity index (χ3v) is 12.4. The van der Waals surface area contributed by atoms with E-state index in [9.17, 15) is 24.0 Å². The Bertz CT molecular complexity index is 1940. The Hall–Kier alpha value is -4.29. The highest BCUT2D eigenvalue weighted by Gasteiger charge is 2.55. The molecule has 0 bridgehead atoms. The predicted octanol–water partition coefficient (Wildman–Crippen LogP) is 5.85. The summed E-state index contributed by atoms with van der Waals surface area (Å²) in [6, 6.07) is 12.1. The van der Waals surface area contributed by atoms with Gasteiger partial charge in [-0.2, -0.15) is 0 Å². The summed E-state index contributed by atoms with van der Waals surface area (Å²) in [4.78, 5) is 76.7. The number of oxime groups is 1. The van der Waals surface area contributed by atoms with Crippen LogP contribution < -0.4 is 16.0 Å². The SMILES string of the molecule is CCC[C@H](NC(=O)[C@@H]1C[C@]2(CC(c3cccc(Cl)c3)=NO2)CN1C(=O)[C@H](Cc1csc2ccccc12)NC(=O)CC1CCCCC1)C(=O)C(=O)NC1CC1. The van der Waals surface area contributed by atoms with Gasteiger partial charge in [0.05, 0.1) is 18.3 Å². The van der Waals surface area contributed by atoms with Gasteiger partial charge in [0.15, 0.2) is 5.60 Å². The fourth-order valence-electron chi connectivity index (χ4n) is 8.14. The normalized spacial score (nSPS) is 22.4. The molecule has 4 aliphatic rings. The summed E-state index contributed by atoms with van der Waals surface area (Å²) in [5.41, 5.74) is 1.32. The lowest BCUT2D eigenvalue weighted by molar-refractivity contribution is -0.143. The molecule has 3 heterocycles. The lowest BCUT2D eigenvalue weighted by Gasteiger charge is -2.30. The van der Waals surface area contributed by atoms with Gasteiger partial charge in [0, 0.05) is 47.0 Å². The zero-order valence-corrected chi connectivity index (χ0v) is 32.2. The number of hydrogen-bond donors (Lipinski definition) is 3. The van der Waals surface area contributed by atoms with Gasteiger partial charge in [-0.25, -0.2) is 0 Å². The molecule has 7 rings (SSSR count). The van der Waals surface area contributed by atoms with Crippen LogP contribution in [0.4, 0.5) is 0 Å². The van der Waals surface area contributed by atoms with Gasteiger partial charge in [0.1, 0.15) is 12.1 Å². The summed E-state index contributed by atoms with van der Waals surface area (Å²) in [5, 5.41) is 16.7. The van der Waals surface area contributed by atoms with Crippen LogP contribution in [0, 0.1) is 5.92 Å². The molecule has 4 amide bonds. The molecule has 1 aromatic heterocycles. The summed E-state index contributed by atoms with van der Waals surface area (Å²) in [7, 11) is 0. The predicted molar refractivity (Wildman–Crippen MR) is 208 cm³/mol. The highest BCUT2D eigenvalue weighted by atomic mass is 35.5. The van der Waals surface area contributed by atoms with Crippen molar-refractivity contribution in [2.75, 3.05) is 6.54 Å². The lowest BCUT2D eigenvalue weighted by atomic mass is 9.86. The van der Waals surface area contributed by atoms with Crippen molar-refractivity contribution in [2.24, 2.45) is 11.1 Å². The minimum absolute atomic E-state index is 0.0129. The van der Waals surface area contributed by atoms with Gasteiger partial charge in [-0.05, 0) is 72.6 Å². The molecule has 4 atom stereocenters. The summed E-state index contributed by atoms with van der Waals surface area (Å²) in [5.74, 6) is -2.31. The number of nitrogens with zero attached hydrogens (tertiary/aromatic N) is 2. The van der Waals surface area contributed by atoms with Crippen LogP contribution in [0.2, 0.25) is 5.02 Å². The van der Waals surface area contributed by atoms with E-state index in [-0.39, 0.29) is 43.7 Å². The minimum Gasteiger partial charge on any atom is -0.387 e. The molecule has 11 nitrogen and oxygen atoms in total. The zero-order chi connectivity index (χ0) is 37.8. The monoisotopic (exact) mass is 773 g/mol. The molecule has 3 aromatic rings. The Balaban J connectivity index is 1.17. The maximum Gasteiger partial charge on any atom is 0.289 e. The molecule has 13 heteroatoms. The number of fused-ring (bicyclic) bond motifs is 1. The average Bonchev–Trinajstić information content (AvgIpc) is 3.56. The fraction of sp³-hybridized carbons (Fsp3) is 0.512. The molecular formula is C41H48ClN5O6S. The Morgan fingerprint density at radius 3 is 2.56 bits per heavy atom. The number of Topliss-reactive ketones (excluding diaryl/α,β-unsaturated/α-hetero) is 1. The van der Waals surface area contributed by atoms with E-state index in [1.165, 1.54) is 11.3 Å². The summed E-state index contributed by atoms with van der Waals surface area (Å²) < 4.78 is 1.08. The summed E-state index contributed by atoms with van der Waals surface area (Å²) in [6.07, 6.45) is 8.78. The van der Waals surface area contributed by atoms with Gasteiger partial charge in [0.25, 0.3) is 5.91 Å². The standard InChI is InChI=1S/C41H48ClN5O6S/c1-2-9-31(37(49)39(51)43-29-16-17-29)45-38(50)34-22-41(21-33(46-53-41)26-12-8-13-28(42)19-26)24-47(34)40(52)32(44-36(48)18-25-10-4-3-5-11-25)20-27-23-54-35-15-7-6-14-30(27)35/h6-8,12-15,19,23,25,29,31-32,34H,2-5,9-11,16-18,20-22,24H2,1H3,(H,43,51)(H,44,48)(H,45,50)/t31-,32-,34-,41+/m0/s1. The number of amides is 4. The first-order valence-corrected chi connectivity index (χ1v) is 20.6. The average molecular weight is 774 g/mol. The number of carbonyl (C=O) groups excluding carboxylic acids is 5. The number of thiophene rings is 1. The van der Waals surface area contributed by atoms with Crippen molar-refractivity contribution in [3.05, 3.63) is 70.1 Å². The number of likely N-dealkylation sites (tertiary alicyclic amines) is 1. The minimum atomic E-state index is -1.05. The second-order valence-electron chi connectivity index (χ2n) is 15.4. The van der Waals surface area contributed by atoms with Crippen molar-refractivity contribution in [1.29, 1.82) is 0 Å². The molecule has 0 radical (unpaired) electrons. The number of hydrogen-bond acceptors (Lipinski definition) is 8. The van der Waals surface area contributed by atoms with Gasteiger partial charge in [-0.15, -0.1) is 11.3 Å². The first-order chi connectivity index (χ1) is 26.1. The third-order valence-electron chi connectivity index (χ3n) is 11.1. The van der Waals surface area contributed by atoms with Gasteiger partial charge in [-0.3, -0.25) is 24.0 Å². The van der Waals surface area contributed by atoms with E-state index in [0.717, 1.165) is 59.7 Å². The second kappa shape index (κ2) is 16.6. The molecule has 2 aliphatic carbocycles. The van der Waals surface area contributed by atoms with E-state index in [1.807, 2.05) is 48.7 Å². The number of nitrogens with one attached hydrogen (secondary N) is 3. The highest BCUT2D eigenvalue weighted by molar-refractivity contribution is 7.17. The van der Waals surface area contributed by atoms with E-state index in [1.54, 1.807) is 23.5 Å². The smallest absolute Gasteiger partial charge is 0.289 e. The quantitative estimate of drug-likeness (QED) is 0.175. The molecule has 54 heavy (non-hydrogen) atoms. The van der Waals surface area contributed by atoms with E-state index in [0.29, 0.717) is 30.0 Å². The lowest BCUT2D eigenvalue weighted by Crippen LogP contribution is -2.57. The zero-order valence-electron chi connectivity index (χ0n) is 30.6. The topological polar surface area (TPSA) is 146 Å². The van der Waals surface area contributed by atoms with E-state index in [4.69, 9.17) is 16.4 Å². The Morgan fingerprint density at radius 2 is 1.80 bits per heavy atom. The molecule has 286 valence electrons. The number of halogens is 1. The molecule has 2 aromatic carbocycles. The second-order valence-corrected chi connectivity index (χ2v) is 16.8. The Labute approximate surface area is 324 Å². The summed E-state index contributed by atoms with van der Waals surface area (Å²) >= 11 is 7.88. The van der Waals surface area contributed by atoms with Crippen molar-refractivity contribution >= 4 is 68.1 Å². The highest BCUT2D eigenvalue weighted by Crippen LogP contribution is 2.40. The molecule has 2 aliphatic heterocycles. The van der Waals surface area contributed by atoms with Crippen molar-refractivity contribution in [2.45, 2.75) is 120 Å². The number of rotatable bonds is 14. The van der Waals surface area contributed by atoms with Crippen molar-refractivity contribution < 1.29 is 28.8 Å². The first-order valence-electron chi connectivity index (χ1n) is 19.3. The van der Waals surface area contributed by atoms with Crippen LogP contribution >= 0.6 is 22.9 Å². The first kappa shape index (κ1) is 38.0. The maximum absolute atomic E-state index is 15.0. The van der Waals surface area contributed by atoms with Gasteiger partial charge in [0.2, 0.25) is 23.5 Å². The van der Waals surface area contributed by atoms with Crippen LogP contribution in [-0.2, 0) is 35.2 Å². The van der Waals surface area contributed by atoms with Gasteiger partial charge >= 0.3 is 0 Å². The third kappa shape index (κ3) is 8.81. The molecule has 1 spiro atoms. The molecule has 0 unspecified atom stereocenters. The van der Waals surface area contributed by atoms with Crippen LogP contribution in [0.25, 0.3) is 10.1 Å². The maximum atomic E-state index is 15.0.